The number of aryl methyl sites for hydroxylation is 1. The van der Waals surface area contributed by atoms with Crippen LogP contribution in [0, 0.1) is 0 Å². The second-order valence-electron chi connectivity index (χ2n) is 6.72. The molecule has 7 nitrogen and oxygen atoms in total. The van der Waals surface area contributed by atoms with Crippen LogP contribution in [0.25, 0.3) is 0 Å². The molecular weight excluding hydrogens is 387 g/mol. The van der Waals surface area contributed by atoms with Crippen LogP contribution in [-0.2, 0) is 30.5 Å². The van der Waals surface area contributed by atoms with Crippen molar-refractivity contribution < 1.29 is 23.1 Å². The van der Waals surface area contributed by atoms with E-state index in [1.165, 1.54) is 13.2 Å². The average Bonchev–Trinajstić information content (AvgIpc) is 3.32. The number of imidazole rings is 2. The summed E-state index contributed by atoms with van der Waals surface area (Å²) < 4.78 is 43.4. The molecule has 29 heavy (non-hydrogen) atoms. The number of rotatable bonds is 7. The van der Waals surface area contributed by atoms with E-state index in [4.69, 9.17) is 0 Å². The number of carbonyl (C=O) groups excluding carboxylic acids is 1. The summed E-state index contributed by atoms with van der Waals surface area (Å²) in [6, 6.07) is 7.28. The Morgan fingerprint density at radius 1 is 1.14 bits per heavy atom. The lowest BCUT2D eigenvalue weighted by molar-refractivity contribution is -0.271. The number of hydrogen-bond donors (Lipinski definition) is 2. The molecule has 10 heteroatoms. The molecule has 0 fully saturated rings. The van der Waals surface area contributed by atoms with Crippen LogP contribution in [0.15, 0.2) is 55.4 Å². The zero-order chi connectivity index (χ0) is 21.1. The van der Waals surface area contributed by atoms with Gasteiger partial charge in [0.15, 0.2) is 5.82 Å². The van der Waals surface area contributed by atoms with Crippen LogP contribution in [0.2, 0.25) is 0 Å². The van der Waals surface area contributed by atoms with Crippen molar-refractivity contribution in [1.82, 2.24) is 24.4 Å². The first-order chi connectivity index (χ1) is 13.7. The van der Waals surface area contributed by atoms with Crippen LogP contribution >= 0.6 is 0 Å². The Hall–Kier alpha value is -3.14. The van der Waals surface area contributed by atoms with Gasteiger partial charge in [0.2, 0.25) is 11.5 Å². The van der Waals surface area contributed by atoms with E-state index in [9.17, 15) is 23.1 Å². The zero-order valence-corrected chi connectivity index (χ0v) is 15.6. The van der Waals surface area contributed by atoms with Gasteiger partial charge in [-0.05, 0) is 11.1 Å². The largest absolute Gasteiger partial charge is 0.425 e. The minimum Gasteiger partial charge on any atom is -0.374 e. The van der Waals surface area contributed by atoms with Gasteiger partial charge in [-0.25, -0.2) is 9.97 Å². The first kappa shape index (κ1) is 20.6. The molecule has 3 rings (SSSR count). The van der Waals surface area contributed by atoms with Crippen LogP contribution in [0.3, 0.4) is 0 Å². The molecule has 0 spiro atoms. The van der Waals surface area contributed by atoms with E-state index in [0.717, 1.165) is 21.9 Å². The number of carbonyl (C=O) groups is 1. The number of nitrogens with zero attached hydrogens (tertiary/aromatic N) is 4. The Labute approximate surface area is 164 Å². The smallest absolute Gasteiger partial charge is 0.374 e. The maximum atomic E-state index is 13.5. The number of nitrogens with one attached hydrogen (secondary N) is 1. The summed E-state index contributed by atoms with van der Waals surface area (Å²) in [5.41, 5.74) is -1.64. The summed E-state index contributed by atoms with van der Waals surface area (Å²) >= 11 is 0. The number of alkyl halides is 3. The van der Waals surface area contributed by atoms with Crippen LogP contribution in [0.4, 0.5) is 13.2 Å². The van der Waals surface area contributed by atoms with Crippen molar-refractivity contribution in [2.24, 2.45) is 7.05 Å². The highest BCUT2D eigenvalue weighted by atomic mass is 19.4. The van der Waals surface area contributed by atoms with Crippen molar-refractivity contribution in [2.75, 3.05) is 0 Å². The lowest BCUT2D eigenvalue weighted by Crippen LogP contribution is -2.47. The maximum Gasteiger partial charge on any atom is 0.425 e. The minimum atomic E-state index is -5.06. The van der Waals surface area contributed by atoms with E-state index in [0.29, 0.717) is 6.54 Å². The molecule has 0 aliphatic heterocycles. The Morgan fingerprint density at radius 3 is 2.38 bits per heavy atom. The third kappa shape index (κ3) is 4.65. The second kappa shape index (κ2) is 8.08. The third-order valence-electron chi connectivity index (χ3n) is 4.51. The van der Waals surface area contributed by atoms with Gasteiger partial charge in [-0.15, -0.1) is 0 Å². The van der Waals surface area contributed by atoms with Crippen molar-refractivity contribution in [3.05, 3.63) is 72.3 Å². The number of benzene rings is 1. The summed E-state index contributed by atoms with van der Waals surface area (Å²) in [4.78, 5) is 19.7. The fourth-order valence-corrected chi connectivity index (χ4v) is 2.92. The molecule has 1 aromatic carbocycles. The van der Waals surface area contributed by atoms with E-state index in [1.54, 1.807) is 24.7 Å². The standard InChI is InChI=1S/C19H20F3N5O2/c1-26-8-7-24-17(26)18(29,19(20,21)22)10-16(28)25-11-14-2-4-15(5-3-14)12-27-9-6-23-13-27/h2-9,13,29H,10-12H2,1H3,(H,25,28). The molecule has 2 heterocycles. The molecule has 3 aromatic rings. The fraction of sp³-hybridized carbons (Fsp3) is 0.316. The molecule has 154 valence electrons. The average molecular weight is 407 g/mol. The quantitative estimate of drug-likeness (QED) is 0.628. The van der Waals surface area contributed by atoms with E-state index >= 15 is 0 Å². The predicted molar refractivity (Wildman–Crippen MR) is 97.4 cm³/mol. The van der Waals surface area contributed by atoms with Crippen molar-refractivity contribution in [1.29, 1.82) is 0 Å². The Balaban J connectivity index is 1.61. The lowest BCUT2D eigenvalue weighted by atomic mass is 9.97. The number of amides is 1. The number of aromatic nitrogens is 4. The first-order valence-electron chi connectivity index (χ1n) is 8.76. The van der Waals surface area contributed by atoms with Gasteiger partial charge < -0.3 is 19.6 Å². The molecule has 0 radical (unpaired) electrons. The van der Waals surface area contributed by atoms with Crippen molar-refractivity contribution in [3.8, 4) is 0 Å². The Bertz CT molecular complexity index is 951. The highest BCUT2D eigenvalue weighted by Crippen LogP contribution is 2.40. The molecule has 0 bridgehead atoms. The summed E-state index contributed by atoms with van der Waals surface area (Å²) in [6.45, 7) is 0.674. The molecule has 2 N–H and O–H groups in total. The SMILES string of the molecule is Cn1ccnc1C(O)(CC(=O)NCc1ccc(Cn2ccnc2)cc1)C(F)(F)F. The van der Waals surface area contributed by atoms with Gasteiger partial charge in [0.1, 0.15) is 0 Å². The minimum absolute atomic E-state index is 0.0404. The number of halogens is 3. The molecule has 1 atom stereocenters. The van der Waals surface area contributed by atoms with Crippen molar-refractivity contribution >= 4 is 5.91 Å². The Morgan fingerprint density at radius 2 is 1.83 bits per heavy atom. The highest BCUT2D eigenvalue weighted by Gasteiger charge is 2.58. The van der Waals surface area contributed by atoms with E-state index < -0.39 is 29.9 Å². The maximum absolute atomic E-state index is 13.5. The molecule has 0 aliphatic rings. The van der Waals surface area contributed by atoms with Gasteiger partial charge in [0.05, 0.1) is 12.7 Å². The molecule has 1 amide bonds. The van der Waals surface area contributed by atoms with Crippen molar-refractivity contribution in [2.45, 2.75) is 31.3 Å². The molecule has 0 aliphatic carbocycles. The van der Waals surface area contributed by atoms with Crippen LogP contribution in [-0.4, -0.2) is 36.3 Å². The summed E-state index contributed by atoms with van der Waals surface area (Å²) in [6.07, 6.45) is 1.37. The van der Waals surface area contributed by atoms with E-state index in [-0.39, 0.29) is 6.54 Å². The molecule has 0 saturated carbocycles. The molecular formula is C19H20F3N5O2. The molecule has 1 unspecified atom stereocenters. The topological polar surface area (TPSA) is 85.0 Å². The summed E-state index contributed by atoms with van der Waals surface area (Å²) in [5, 5.41) is 12.7. The van der Waals surface area contributed by atoms with Gasteiger partial charge in [0.25, 0.3) is 0 Å². The molecule has 0 saturated heterocycles. The lowest BCUT2D eigenvalue weighted by Gasteiger charge is -2.29. The molecule has 2 aromatic heterocycles. The predicted octanol–water partition coefficient (Wildman–Crippen LogP) is 2.12. The third-order valence-corrected chi connectivity index (χ3v) is 4.51. The van der Waals surface area contributed by atoms with Crippen molar-refractivity contribution in [3.63, 3.8) is 0 Å². The van der Waals surface area contributed by atoms with E-state index in [2.05, 4.69) is 15.3 Å². The fourth-order valence-electron chi connectivity index (χ4n) is 2.92. The first-order valence-corrected chi connectivity index (χ1v) is 8.76. The Kier molecular flexibility index (Phi) is 5.73. The van der Waals surface area contributed by atoms with Gasteiger partial charge in [-0.2, -0.15) is 13.2 Å². The van der Waals surface area contributed by atoms with Gasteiger partial charge in [-0.1, -0.05) is 24.3 Å². The zero-order valence-electron chi connectivity index (χ0n) is 15.6. The van der Waals surface area contributed by atoms with E-state index in [1.807, 2.05) is 22.9 Å². The summed E-state index contributed by atoms with van der Waals surface area (Å²) in [7, 11) is 1.32. The highest BCUT2D eigenvalue weighted by molar-refractivity contribution is 5.77. The van der Waals surface area contributed by atoms with Gasteiger partial charge in [0, 0.05) is 44.9 Å². The monoisotopic (exact) mass is 407 g/mol. The van der Waals surface area contributed by atoms with Crippen LogP contribution < -0.4 is 5.32 Å². The normalized spacial score (nSPS) is 13.8. The number of aliphatic hydroxyl groups is 1. The van der Waals surface area contributed by atoms with Crippen LogP contribution in [0.1, 0.15) is 23.4 Å². The second-order valence-corrected chi connectivity index (χ2v) is 6.72. The number of hydrogen-bond acceptors (Lipinski definition) is 4. The summed E-state index contributed by atoms with van der Waals surface area (Å²) in [5.74, 6) is -1.57. The van der Waals surface area contributed by atoms with Gasteiger partial charge in [-0.3, -0.25) is 4.79 Å². The van der Waals surface area contributed by atoms with Gasteiger partial charge >= 0.3 is 6.18 Å². The van der Waals surface area contributed by atoms with Crippen LogP contribution in [0.5, 0.6) is 0 Å².